The van der Waals surface area contributed by atoms with Crippen LogP contribution in [-0.2, 0) is 14.8 Å². The smallest absolute Gasteiger partial charge is 0.243 e. The first-order chi connectivity index (χ1) is 12.0. The average molecular weight is 429 g/mol. The Morgan fingerprint density at radius 1 is 1.00 bits per heavy atom. The zero-order valence-corrected chi connectivity index (χ0v) is 16.7. The molecule has 0 unspecified atom stereocenters. The van der Waals surface area contributed by atoms with Crippen LogP contribution in [0, 0.1) is 5.92 Å². The van der Waals surface area contributed by atoms with E-state index in [4.69, 9.17) is 0 Å². The van der Waals surface area contributed by atoms with Gasteiger partial charge in [0.1, 0.15) is 0 Å². The molecular weight excluding hydrogens is 404 g/mol. The van der Waals surface area contributed by atoms with E-state index in [9.17, 15) is 13.2 Å². The van der Waals surface area contributed by atoms with Crippen LogP contribution in [0.2, 0.25) is 0 Å². The molecular formula is C18H25BrN2O3S. The number of benzene rings is 1. The molecule has 1 N–H and O–H groups in total. The number of sulfonamides is 1. The highest BCUT2D eigenvalue weighted by molar-refractivity contribution is 9.10. The Morgan fingerprint density at radius 2 is 1.60 bits per heavy atom. The van der Waals surface area contributed by atoms with Crippen LogP contribution in [0.15, 0.2) is 33.6 Å². The molecule has 138 valence electrons. The van der Waals surface area contributed by atoms with Gasteiger partial charge in [-0.25, -0.2) is 8.42 Å². The summed E-state index contributed by atoms with van der Waals surface area (Å²) in [6, 6.07) is 6.81. The van der Waals surface area contributed by atoms with Crippen LogP contribution in [0.3, 0.4) is 0 Å². The van der Waals surface area contributed by atoms with E-state index in [-0.39, 0.29) is 17.9 Å². The Bertz CT molecular complexity index is 692. The minimum atomic E-state index is -3.45. The van der Waals surface area contributed by atoms with Gasteiger partial charge in [0.2, 0.25) is 15.9 Å². The van der Waals surface area contributed by atoms with Gasteiger partial charge >= 0.3 is 0 Å². The maximum absolute atomic E-state index is 12.7. The average Bonchev–Trinajstić information content (AvgIpc) is 2.63. The van der Waals surface area contributed by atoms with Crippen LogP contribution < -0.4 is 5.32 Å². The third-order valence-electron chi connectivity index (χ3n) is 5.23. The summed E-state index contributed by atoms with van der Waals surface area (Å²) in [7, 11) is -3.45. The van der Waals surface area contributed by atoms with E-state index in [1.54, 1.807) is 24.3 Å². The zero-order chi connectivity index (χ0) is 17.9. The summed E-state index contributed by atoms with van der Waals surface area (Å²) in [5.74, 6) is 0.312. The summed E-state index contributed by atoms with van der Waals surface area (Å²) in [5.41, 5.74) is 0. The Labute approximate surface area is 158 Å². The number of hydrogen-bond acceptors (Lipinski definition) is 3. The molecule has 1 saturated heterocycles. The molecule has 1 aromatic rings. The minimum Gasteiger partial charge on any atom is -0.353 e. The topological polar surface area (TPSA) is 66.5 Å². The van der Waals surface area contributed by atoms with E-state index < -0.39 is 10.0 Å². The van der Waals surface area contributed by atoms with Crippen LogP contribution in [0.5, 0.6) is 0 Å². The van der Waals surface area contributed by atoms with Gasteiger partial charge in [-0.05, 0) is 49.9 Å². The first-order valence-electron chi connectivity index (χ1n) is 9.03. The molecule has 0 aromatic heterocycles. The van der Waals surface area contributed by atoms with Gasteiger partial charge < -0.3 is 5.32 Å². The maximum Gasteiger partial charge on any atom is 0.243 e. The third-order valence-corrected chi connectivity index (χ3v) is 7.67. The van der Waals surface area contributed by atoms with Crippen molar-refractivity contribution in [2.45, 2.75) is 55.9 Å². The standard InChI is InChI=1S/C18H25BrN2O3S/c19-15-6-8-17(9-7-15)25(23,24)21-12-10-16(11-13-21)20-18(22)14-4-2-1-3-5-14/h6-9,14,16H,1-5,10-13H2,(H,20,22). The zero-order valence-electron chi connectivity index (χ0n) is 14.3. The molecule has 0 bridgehead atoms. The van der Waals surface area contributed by atoms with Crippen molar-refractivity contribution < 1.29 is 13.2 Å². The maximum atomic E-state index is 12.7. The Hall–Kier alpha value is -0.920. The van der Waals surface area contributed by atoms with Crippen LogP contribution in [-0.4, -0.2) is 37.8 Å². The van der Waals surface area contributed by atoms with Crippen molar-refractivity contribution in [2.75, 3.05) is 13.1 Å². The van der Waals surface area contributed by atoms with Gasteiger partial charge in [-0.3, -0.25) is 4.79 Å². The molecule has 2 aliphatic rings. The number of rotatable bonds is 4. The number of halogens is 1. The summed E-state index contributed by atoms with van der Waals surface area (Å²) in [5, 5.41) is 3.14. The molecule has 1 aliphatic carbocycles. The second kappa shape index (κ2) is 8.18. The molecule has 2 fully saturated rings. The van der Waals surface area contributed by atoms with Crippen molar-refractivity contribution in [3.63, 3.8) is 0 Å². The van der Waals surface area contributed by atoms with Gasteiger partial charge in [0, 0.05) is 29.5 Å². The van der Waals surface area contributed by atoms with Crippen LogP contribution in [0.1, 0.15) is 44.9 Å². The Morgan fingerprint density at radius 3 is 2.20 bits per heavy atom. The fraction of sp³-hybridized carbons (Fsp3) is 0.611. The molecule has 1 aliphatic heterocycles. The second-order valence-corrected chi connectivity index (χ2v) is 9.83. The fourth-order valence-corrected chi connectivity index (χ4v) is 5.41. The first-order valence-corrected chi connectivity index (χ1v) is 11.3. The Kier molecular flexibility index (Phi) is 6.17. The molecule has 1 heterocycles. The fourth-order valence-electron chi connectivity index (χ4n) is 3.68. The highest BCUT2D eigenvalue weighted by Crippen LogP contribution is 2.25. The predicted octanol–water partition coefficient (Wildman–Crippen LogP) is 3.30. The molecule has 3 rings (SSSR count). The summed E-state index contributed by atoms with van der Waals surface area (Å²) >= 11 is 3.32. The molecule has 0 spiro atoms. The van der Waals surface area contributed by atoms with Crippen molar-refractivity contribution in [2.24, 2.45) is 5.92 Å². The van der Waals surface area contributed by atoms with E-state index in [1.165, 1.54) is 10.7 Å². The lowest BCUT2D eigenvalue weighted by Gasteiger charge is -2.32. The summed E-state index contributed by atoms with van der Waals surface area (Å²) < 4.78 is 27.8. The number of carbonyl (C=O) groups is 1. The Balaban J connectivity index is 1.54. The van der Waals surface area contributed by atoms with E-state index in [0.29, 0.717) is 30.8 Å². The number of nitrogens with zero attached hydrogens (tertiary/aromatic N) is 1. The minimum absolute atomic E-state index is 0.0887. The first kappa shape index (κ1) is 18.9. The van der Waals surface area contributed by atoms with E-state index in [2.05, 4.69) is 21.2 Å². The monoisotopic (exact) mass is 428 g/mol. The highest BCUT2D eigenvalue weighted by Gasteiger charge is 2.31. The molecule has 1 amide bonds. The number of piperidine rings is 1. The van der Waals surface area contributed by atoms with Gasteiger partial charge in [0.05, 0.1) is 4.90 Å². The molecule has 25 heavy (non-hydrogen) atoms. The number of carbonyl (C=O) groups excluding carboxylic acids is 1. The number of hydrogen-bond donors (Lipinski definition) is 1. The van der Waals surface area contributed by atoms with Gasteiger partial charge in [0.15, 0.2) is 0 Å². The van der Waals surface area contributed by atoms with Crippen LogP contribution in [0.4, 0.5) is 0 Å². The SMILES string of the molecule is O=C(NC1CCN(S(=O)(=O)c2ccc(Br)cc2)CC1)C1CCCCC1. The van der Waals surface area contributed by atoms with E-state index >= 15 is 0 Å². The van der Waals surface area contributed by atoms with E-state index in [1.807, 2.05) is 0 Å². The lowest BCUT2D eigenvalue weighted by molar-refractivity contribution is -0.126. The molecule has 0 radical (unpaired) electrons. The van der Waals surface area contributed by atoms with Gasteiger partial charge in [0.25, 0.3) is 0 Å². The molecule has 0 atom stereocenters. The molecule has 1 aromatic carbocycles. The summed E-state index contributed by atoms with van der Waals surface area (Å²) in [6.45, 7) is 0.905. The summed E-state index contributed by atoms with van der Waals surface area (Å²) in [4.78, 5) is 12.7. The van der Waals surface area contributed by atoms with Crippen LogP contribution in [0.25, 0.3) is 0 Å². The third kappa shape index (κ3) is 4.63. The van der Waals surface area contributed by atoms with Crippen molar-refractivity contribution in [1.29, 1.82) is 0 Å². The quantitative estimate of drug-likeness (QED) is 0.799. The normalized spacial score (nSPS) is 21.2. The number of amides is 1. The molecule has 7 heteroatoms. The van der Waals surface area contributed by atoms with Crippen LogP contribution >= 0.6 is 15.9 Å². The van der Waals surface area contributed by atoms with Crippen molar-refractivity contribution in [3.05, 3.63) is 28.7 Å². The van der Waals surface area contributed by atoms with Gasteiger partial charge in [-0.1, -0.05) is 35.2 Å². The molecule has 5 nitrogen and oxygen atoms in total. The lowest BCUT2D eigenvalue weighted by Crippen LogP contribution is -2.48. The lowest BCUT2D eigenvalue weighted by atomic mass is 9.88. The second-order valence-electron chi connectivity index (χ2n) is 6.98. The van der Waals surface area contributed by atoms with E-state index in [0.717, 1.165) is 30.2 Å². The van der Waals surface area contributed by atoms with Gasteiger partial charge in [-0.15, -0.1) is 0 Å². The van der Waals surface area contributed by atoms with Crippen molar-refractivity contribution in [3.8, 4) is 0 Å². The predicted molar refractivity (Wildman–Crippen MR) is 101 cm³/mol. The van der Waals surface area contributed by atoms with Crippen molar-refractivity contribution >= 4 is 31.9 Å². The largest absolute Gasteiger partial charge is 0.353 e. The highest BCUT2D eigenvalue weighted by atomic mass is 79.9. The van der Waals surface area contributed by atoms with Crippen molar-refractivity contribution in [1.82, 2.24) is 9.62 Å². The molecule has 1 saturated carbocycles. The van der Waals surface area contributed by atoms with Gasteiger partial charge in [-0.2, -0.15) is 4.31 Å². The summed E-state index contributed by atoms with van der Waals surface area (Å²) in [6.07, 6.45) is 6.84. The number of nitrogens with one attached hydrogen (secondary N) is 1.